The Morgan fingerprint density at radius 1 is 1.05 bits per heavy atom. The number of hydrogen-bond donors (Lipinski definition) is 1. The number of rotatable bonds is 8. The van der Waals surface area contributed by atoms with Crippen LogP contribution in [0.5, 0.6) is 0 Å². The molecule has 1 amide bonds. The van der Waals surface area contributed by atoms with Crippen molar-refractivity contribution in [2.75, 3.05) is 18.4 Å². The lowest BCUT2D eigenvalue weighted by Gasteiger charge is -2.22. The zero-order chi connectivity index (χ0) is 27.6. The van der Waals surface area contributed by atoms with Gasteiger partial charge in [-0.15, -0.1) is 0 Å². The molecule has 0 aliphatic heterocycles. The number of hydrogen-bond acceptors (Lipinski definition) is 4. The molecule has 0 saturated heterocycles. The lowest BCUT2D eigenvalue weighted by atomic mass is 9.92. The van der Waals surface area contributed by atoms with Gasteiger partial charge >= 0.3 is 6.18 Å². The Balaban J connectivity index is 1.92. The summed E-state index contributed by atoms with van der Waals surface area (Å²) in [5, 5.41) is 7.40. The van der Waals surface area contributed by atoms with E-state index >= 15 is 0 Å². The van der Waals surface area contributed by atoms with Crippen LogP contribution in [-0.2, 0) is 26.4 Å². The van der Waals surface area contributed by atoms with Gasteiger partial charge in [0, 0.05) is 18.0 Å². The molecule has 37 heavy (non-hydrogen) atoms. The van der Waals surface area contributed by atoms with Crippen LogP contribution >= 0.6 is 0 Å². The number of sulfonamides is 1. The quantitative estimate of drug-likeness (QED) is 0.410. The van der Waals surface area contributed by atoms with Crippen molar-refractivity contribution in [1.29, 1.82) is 0 Å². The number of amides is 1. The van der Waals surface area contributed by atoms with Crippen LogP contribution < -0.4 is 5.32 Å². The van der Waals surface area contributed by atoms with Gasteiger partial charge in [0.2, 0.25) is 15.9 Å². The number of aryl methyl sites for hydroxylation is 1. The van der Waals surface area contributed by atoms with Crippen LogP contribution in [0.2, 0.25) is 0 Å². The standard InChI is InChI=1S/C26H31F3N4O3S/c1-6-13-32(37(35,36)21-12-8-10-19(15-21)26(27,28)29)17-24(34)30-23-16-22(25(3,4)5)31-33(23)20-11-7-9-18(2)14-20/h7-12,14-16H,6,13,17H2,1-5H3,(H,30,34). The van der Waals surface area contributed by atoms with Gasteiger partial charge in [-0.1, -0.05) is 45.9 Å². The van der Waals surface area contributed by atoms with E-state index in [1.807, 2.05) is 52.0 Å². The van der Waals surface area contributed by atoms with E-state index in [1.165, 1.54) is 0 Å². The molecule has 3 rings (SSSR count). The first kappa shape index (κ1) is 28.4. The van der Waals surface area contributed by atoms with Crippen molar-refractivity contribution in [1.82, 2.24) is 14.1 Å². The van der Waals surface area contributed by atoms with Crippen LogP contribution in [0.15, 0.2) is 59.5 Å². The fraction of sp³-hybridized carbons (Fsp3) is 0.385. The maximum Gasteiger partial charge on any atom is 0.416 e. The molecule has 3 aromatic rings. The molecular weight excluding hydrogens is 505 g/mol. The molecule has 0 spiro atoms. The Bertz CT molecular complexity index is 1380. The van der Waals surface area contributed by atoms with Crippen molar-refractivity contribution < 1.29 is 26.4 Å². The highest BCUT2D eigenvalue weighted by atomic mass is 32.2. The summed E-state index contributed by atoms with van der Waals surface area (Å²) in [6, 6.07) is 12.8. The highest BCUT2D eigenvalue weighted by Crippen LogP contribution is 2.31. The van der Waals surface area contributed by atoms with E-state index in [0.717, 1.165) is 28.1 Å². The molecule has 1 N–H and O–H groups in total. The minimum atomic E-state index is -4.70. The van der Waals surface area contributed by atoms with Gasteiger partial charge in [0.05, 0.1) is 28.4 Å². The largest absolute Gasteiger partial charge is 0.416 e. The van der Waals surface area contributed by atoms with Crippen LogP contribution in [0, 0.1) is 6.92 Å². The SMILES string of the molecule is CCCN(CC(=O)Nc1cc(C(C)(C)C)nn1-c1cccc(C)c1)S(=O)(=O)c1cccc(C(F)(F)F)c1. The summed E-state index contributed by atoms with van der Waals surface area (Å²) < 4.78 is 68.4. The fourth-order valence-electron chi connectivity index (χ4n) is 3.65. The molecule has 0 unspecified atom stereocenters. The Morgan fingerprint density at radius 2 is 1.73 bits per heavy atom. The zero-order valence-corrected chi connectivity index (χ0v) is 22.2. The van der Waals surface area contributed by atoms with Gasteiger partial charge in [0.15, 0.2) is 0 Å². The predicted octanol–water partition coefficient (Wildman–Crippen LogP) is 5.54. The van der Waals surface area contributed by atoms with Crippen LogP contribution in [0.4, 0.5) is 19.0 Å². The van der Waals surface area contributed by atoms with Gasteiger partial charge in [-0.05, 0) is 49.2 Å². The van der Waals surface area contributed by atoms with Crippen LogP contribution in [-0.4, -0.2) is 41.5 Å². The van der Waals surface area contributed by atoms with Gasteiger partial charge < -0.3 is 5.32 Å². The second-order valence-corrected chi connectivity index (χ2v) is 11.8. The molecule has 7 nitrogen and oxygen atoms in total. The third kappa shape index (κ3) is 6.78. The van der Waals surface area contributed by atoms with E-state index < -0.39 is 39.1 Å². The van der Waals surface area contributed by atoms with Gasteiger partial charge in [0.25, 0.3) is 0 Å². The highest BCUT2D eigenvalue weighted by molar-refractivity contribution is 7.89. The first-order valence-electron chi connectivity index (χ1n) is 11.8. The molecule has 0 fully saturated rings. The van der Waals surface area contributed by atoms with E-state index in [0.29, 0.717) is 29.7 Å². The number of benzene rings is 2. The van der Waals surface area contributed by atoms with Crippen molar-refractivity contribution in [3.8, 4) is 5.69 Å². The van der Waals surface area contributed by atoms with E-state index in [4.69, 9.17) is 0 Å². The smallest absolute Gasteiger partial charge is 0.309 e. The summed E-state index contributed by atoms with van der Waals surface area (Å²) in [5.74, 6) is -0.285. The van der Waals surface area contributed by atoms with Gasteiger partial charge in [0.1, 0.15) is 5.82 Å². The van der Waals surface area contributed by atoms with Crippen molar-refractivity contribution in [3.05, 3.63) is 71.4 Å². The van der Waals surface area contributed by atoms with Crippen LogP contribution in [0.1, 0.15) is 50.9 Å². The predicted molar refractivity (Wildman–Crippen MR) is 136 cm³/mol. The summed E-state index contributed by atoms with van der Waals surface area (Å²) in [7, 11) is -4.37. The zero-order valence-electron chi connectivity index (χ0n) is 21.4. The lowest BCUT2D eigenvalue weighted by molar-refractivity contribution is -0.137. The maximum absolute atomic E-state index is 13.2. The molecule has 1 heterocycles. The number of nitrogens with zero attached hydrogens (tertiary/aromatic N) is 3. The molecule has 200 valence electrons. The second-order valence-electron chi connectivity index (χ2n) is 9.83. The summed E-state index contributed by atoms with van der Waals surface area (Å²) in [5.41, 5.74) is 1.02. The fourth-order valence-corrected chi connectivity index (χ4v) is 5.19. The molecule has 0 aliphatic rings. The molecule has 0 aliphatic carbocycles. The average Bonchev–Trinajstić information content (AvgIpc) is 3.22. The topological polar surface area (TPSA) is 84.3 Å². The van der Waals surface area contributed by atoms with Crippen molar-refractivity contribution in [3.63, 3.8) is 0 Å². The summed E-state index contributed by atoms with van der Waals surface area (Å²) in [6.45, 7) is 8.96. The number of carbonyl (C=O) groups is 1. The van der Waals surface area contributed by atoms with Gasteiger partial charge in [-0.3, -0.25) is 4.79 Å². The average molecular weight is 537 g/mol. The first-order valence-corrected chi connectivity index (χ1v) is 13.2. The Kier molecular flexibility index (Phi) is 8.18. The first-order chi connectivity index (χ1) is 17.1. The summed E-state index contributed by atoms with van der Waals surface area (Å²) >= 11 is 0. The Labute approximate surface area is 215 Å². The molecule has 2 aromatic carbocycles. The monoisotopic (exact) mass is 536 g/mol. The third-order valence-electron chi connectivity index (χ3n) is 5.58. The molecule has 11 heteroatoms. The van der Waals surface area contributed by atoms with Crippen molar-refractivity contribution >= 4 is 21.7 Å². The molecule has 0 atom stereocenters. The number of carbonyl (C=O) groups excluding carboxylic acids is 1. The number of nitrogens with one attached hydrogen (secondary N) is 1. The molecule has 1 aromatic heterocycles. The summed E-state index contributed by atoms with van der Waals surface area (Å²) in [6.07, 6.45) is -4.33. The van der Waals surface area contributed by atoms with Crippen LogP contribution in [0.25, 0.3) is 5.69 Å². The van der Waals surface area contributed by atoms with E-state index in [9.17, 15) is 26.4 Å². The van der Waals surface area contributed by atoms with Gasteiger partial charge in [-0.25, -0.2) is 13.1 Å². The molecule has 0 saturated carbocycles. The minimum absolute atomic E-state index is 0.0453. The number of aromatic nitrogens is 2. The van der Waals surface area contributed by atoms with E-state index in [-0.39, 0.29) is 12.0 Å². The number of halogens is 3. The highest BCUT2D eigenvalue weighted by Gasteiger charge is 2.33. The third-order valence-corrected chi connectivity index (χ3v) is 7.42. The van der Waals surface area contributed by atoms with Crippen molar-refractivity contribution in [2.45, 2.75) is 57.5 Å². The Hall–Kier alpha value is -3.18. The Morgan fingerprint density at radius 3 is 2.32 bits per heavy atom. The normalized spacial score (nSPS) is 12.7. The second kappa shape index (κ2) is 10.7. The molecular formula is C26H31F3N4O3S. The van der Waals surface area contributed by atoms with Crippen LogP contribution in [0.3, 0.4) is 0 Å². The van der Waals surface area contributed by atoms with E-state index in [2.05, 4.69) is 10.4 Å². The van der Waals surface area contributed by atoms with Gasteiger partial charge in [-0.2, -0.15) is 22.6 Å². The number of alkyl halides is 3. The maximum atomic E-state index is 13.2. The number of anilines is 1. The molecule has 0 radical (unpaired) electrons. The minimum Gasteiger partial charge on any atom is -0.309 e. The lowest BCUT2D eigenvalue weighted by Crippen LogP contribution is -2.38. The molecule has 0 bridgehead atoms. The summed E-state index contributed by atoms with van der Waals surface area (Å²) in [4.78, 5) is 12.5. The van der Waals surface area contributed by atoms with Crippen molar-refractivity contribution in [2.24, 2.45) is 0 Å². The van der Waals surface area contributed by atoms with E-state index in [1.54, 1.807) is 17.7 Å².